The first-order valence-corrected chi connectivity index (χ1v) is 5.75. The number of hydrogen-bond donors (Lipinski definition) is 0. The van der Waals surface area contributed by atoms with Gasteiger partial charge in [0.15, 0.2) is 0 Å². The number of aryl methyl sites for hydroxylation is 2. The van der Waals surface area contributed by atoms with E-state index in [1.807, 2.05) is 44.2 Å². The predicted molar refractivity (Wildman–Crippen MR) is 69.2 cm³/mol. The molecule has 0 amide bonds. The number of nitriles is 1. The van der Waals surface area contributed by atoms with E-state index in [2.05, 4.69) is 11.1 Å². The molecule has 0 radical (unpaired) electrons. The highest BCUT2D eigenvalue weighted by Crippen LogP contribution is 2.14. The number of ether oxygens (including phenoxy) is 1. The molecular formula is C15H14N2O. The maximum atomic E-state index is 8.80. The first-order chi connectivity index (χ1) is 8.69. The fourth-order valence-corrected chi connectivity index (χ4v) is 1.68. The van der Waals surface area contributed by atoms with Gasteiger partial charge < -0.3 is 4.74 Å². The summed E-state index contributed by atoms with van der Waals surface area (Å²) in [4.78, 5) is 4.28. The zero-order valence-electron chi connectivity index (χ0n) is 10.5. The van der Waals surface area contributed by atoms with Gasteiger partial charge in [-0.15, -0.1) is 0 Å². The first-order valence-electron chi connectivity index (χ1n) is 5.75. The Kier molecular flexibility index (Phi) is 3.59. The molecule has 2 aromatic rings. The standard InChI is InChI=1S/C15H14N2O/c1-11-8-13(9-16)6-7-14(11)10-18-15-5-3-4-12(2)17-15/h3-8H,10H2,1-2H3. The molecule has 90 valence electrons. The van der Waals surface area contributed by atoms with E-state index >= 15 is 0 Å². The average Bonchev–Trinajstić information content (AvgIpc) is 2.37. The largest absolute Gasteiger partial charge is 0.473 e. The molecule has 0 fully saturated rings. The maximum Gasteiger partial charge on any atom is 0.213 e. The average molecular weight is 238 g/mol. The van der Waals surface area contributed by atoms with Gasteiger partial charge in [-0.05, 0) is 43.2 Å². The molecule has 0 spiro atoms. The third-order valence-corrected chi connectivity index (χ3v) is 2.71. The van der Waals surface area contributed by atoms with Crippen molar-refractivity contribution in [3.8, 4) is 11.9 Å². The molecular weight excluding hydrogens is 224 g/mol. The van der Waals surface area contributed by atoms with Crippen molar-refractivity contribution in [3.63, 3.8) is 0 Å². The van der Waals surface area contributed by atoms with Crippen LogP contribution in [-0.4, -0.2) is 4.98 Å². The lowest BCUT2D eigenvalue weighted by molar-refractivity contribution is 0.292. The van der Waals surface area contributed by atoms with Crippen LogP contribution in [0.15, 0.2) is 36.4 Å². The lowest BCUT2D eigenvalue weighted by Gasteiger charge is -2.08. The van der Waals surface area contributed by atoms with Crippen molar-refractivity contribution in [2.24, 2.45) is 0 Å². The van der Waals surface area contributed by atoms with Crippen molar-refractivity contribution >= 4 is 0 Å². The summed E-state index contributed by atoms with van der Waals surface area (Å²) < 4.78 is 5.63. The summed E-state index contributed by atoms with van der Waals surface area (Å²) in [5, 5.41) is 8.80. The molecule has 2 rings (SSSR count). The minimum Gasteiger partial charge on any atom is -0.473 e. The topological polar surface area (TPSA) is 45.9 Å². The summed E-state index contributed by atoms with van der Waals surface area (Å²) >= 11 is 0. The van der Waals surface area contributed by atoms with E-state index in [9.17, 15) is 0 Å². The Labute approximate surface area is 107 Å². The third kappa shape index (κ3) is 2.86. The normalized spacial score (nSPS) is 9.83. The van der Waals surface area contributed by atoms with Crippen LogP contribution in [0.1, 0.15) is 22.4 Å². The summed E-state index contributed by atoms with van der Waals surface area (Å²) in [5.41, 5.74) is 3.73. The Morgan fingerprint density at radius 3 is 2.72 bits per heavy atom. The fourth-order valence-electron chi connectivity index (χ4n) is 1.68. The maximum absolute atomic E-state index is 8.80. The molecule has 18 heavy (non-hydrogen) atoms. The Bertz CT molecular complexity index is 600. The summed E-state index contributed by atoms with van der Waals surface area (Å²) in [5.74, 6) is 0.624. The summed E-state index contributed by atoms with van der Waals surface area (Å²) in [6.07, 6.45) is 0. The molecule has 1 aromatic heterocycles. The van der Waals surface area contributed by atoms with Crippen LogP contribution in [0, 0.1) is 25.2 Å². The molecule has 0 atom stereocenters. The van der Waals surface area contributed by atoms with Gasteiger partial charge in [0.2, 0.25) is 5.88 Å². The van der Waals surface area contributed by atoms with Crippen LogP contribution in [0.5, 0.6) is 5.88 Å². The molecule has 0 aliphatic carbocycles. The van der Waals surface area contributed by atoms with Crippen LogP contribution < -0.4 is 4.74 Å². The quantitative estimate of drug-likeness (QED) is 0.825. The van der Waals surface area contributed by atoms with E-state index in [0.29, 0.717) is 18.1 Å². The van der Waals surface area contributed by atoms with E-state index in [1.165, 1.54) is 0 Å². The van der Waals surface area contributed by atoms with Crippen molar-refractivity contribution in [2.75, 3.05) is 0 Å². The van der Waals surface area contributed by atoms with Gasteiger partial charge in [0.05, 0.1) is 11.6 Å². The van der Waals surface area contributed by atoms with Gasteiger partial charge in [-0.3, -0.25) is 0 Å². The minimum absolute atomic E-state index is 0.466. The van der Waals surface area contributed by atoms with Gasteiger partial charge in [-0.25, -0.2) is 4.98 Å². The van der Waals surface area contributed by atoms with Crippen LogP contribution in [0.3, 0.4) is 0 Å². The Balaban J connectivity index is 2.09. The zero-order chi connectivity index (χ0) is 13.0. The summed E-state index contributed by atoms with van der Waals surface area (Å²) in [6.45, 7) is 4.37. The predicted octanol–water partition coefficient (Wildman–Crippen LogP) is 3.15. The SMILES string of the molecule is Cc1cccc(OCc2ccc(C#N)cc2C)n1. The highest BCUT2D eigenvalue weighted by Gasteiger charge is 2.02. The number of pyridine rings is 1. The number of benzene rings is 1. The summed E-state index contributed by atoms with van der Waals surface area (Å²) in [6, 6.07) is 13.4. The third-order valence-electron chi connectivity index (χ3n) is 2.71. The molecule has 1 aromatic carbocycles. The van der Waals surface area contributed by atoms with E-state index < -0.39 is 0 Å². The van der Waals surface area contributed by atoms with Crippen molar-refractivity contribution in [3.05, 3.63) is 58.8 Å². The molecule has 0 N–H and O–H groups in total. The van der Waals surface area contributed by atoms with Crippen LogP contribution in [0.25, 0.3) is 0 Å². The molecule has 0 aliphatic heterocycles. The van der Waals surface area contributed by atoms with E-state index in [1.54, 1.807) is 6.07 Å². The van der Waals surface area contributed by atoms with E-state index in [0.717, 1.165) is 16.8 Å². The summed E-state index contributed by atoms with van der Waals surface area (Å²) in [7, 11) is 0. The number of aromatic nitrogens is 1. The number of hydrogen-bond acceptors (Lipinski definition) is 3. The molecule has 0 saturated heterocycles. The second kappa shape index (κ2) is 5.33. The van der Waals surface area contributed by atoms with Crippen LogP contribution in [-0.2, 0) is 6.61 Å². The Hall–Kier alpha value is -2.34. The molecule has 3 heteroatoms. The monoisotopic (exact) mass is 238 g/mol. The lowest BCUT2D eigenvalue weighted by Crippen LogP contribution is -2.00. The van der Waals surface area contributed by atoms with Crippen molar-refractivity contribution < 1.29 is 4.74 Å². The van der Waals surface area contributed by atoms with Gasteiger partial charge in [-0.2, -0.15) is 5.26 Å². The Morgan fingerprint density at radius 1 is 1.22 bits per heavy atom. The van der Waals surface area contributed by atoms with Crippen LogP contribution in [0.4, 0.5) is 0 Å². The van der Waals surface area contributed by atoms with Crippen molar-refractivity contribution in [2.45, 2.75) is 20.5 Å². The Morgan fingerprint density at radius 2 is 2.06 bits per heavy atom. The van der Waals surface area contributed by atoms with Gasteiger partial charge in [0.25, 0.3) is 0 Å². The van der Waals surface area contributed by atoms with Gasteiger partial charge in [-0.1, -0.05) is 12.1 Å². The van der Waals surface area contributed by atoms with Crippen molar-refractivity contribution in [1.29, 1.82) is 5.26 Å². The molecule has 0 saturated carbocycles. The highest BCUT2D eigenvalue weighted by molar-refractivity contribution is 5.37. The first kappa shape index (κ1) is 12.1. The molecule has 0 unspecified atom stereocenters. The van der Waals surface area contributed by atoms with E-state index in [4.69, 9.17) is 10.00 Å². The molecule has 0 aliphatic rings. The smallest absolute Gasteiger partial charge is 0.213 e. The minimum atomic E-state index is 0.466. The molecule has 1 heterocycles. The highest BCUT2D eigenvalue weighted by atomic mass is 16.5. The van der Waals surface area contributed by atoms with Gasteiger partial charge >= 0.3 is 0 Å². The zero-order valence-corrected chi connectivity index (χ0v) is 10.5. The number of rotatable bonds is 3. The van der Waals surface area contributed by atoms with E-state index in [-0.39, 0.29) is 0 Å². The van der Waals surface area contributed by atoms with Crippen LogP contribution >= 0.6 is 0 Å². The van der Waals surface area contributed by atoms with Gasteiger partial charge in [0.1, 0.15) is 6.61 Å². The number of nitrogens with zero attached hydrogens (tertiary/aromatic N) is 2. The molecule has 3 nitrogen and oxygen atoms in total. The molecule has 0 bridgehead atoms. The fraction of sp³-hybridized carbons (Fsp3) is 0.200. The van der Waals surface area contributed by atoms with Crippen LogP contribution in [0.2, 0.25) is 0 Å². The second-order valence-corrected chi connectivity index (χ2v) is 4.16. The van der Waals surface area contributed by atoms with Crippen molar-refractivity contribution in [1.82, 2.24) is 4.98 Å². The second-order valence-electron chi connectivity index (χ2n) is 4.16. The van der Waals surface area contributed by atoms with Gasteiger partial charge in [0, 0.05) is 11.8 Å². The lowest BCUT2D eigenvalue weighted by atomic mass is 10.1.